The molecule has 0 fully saturated rings. The molecule has 8 nitrogen and oxygen atoms in total. The van der Waals surface area contributed by atoms with E-state index in [1.165, 1.54) is 45.1 Å². The van der Waals surface area contributed by atoms with Crippen molar-refractivity contribution in [3.63, 3.8) is 0 Å². The molecule has 2 aliphatic heterocycles. The lowest BCUT2D eigenvalue weighted by atomic mass is 9.81. The highest BCUT2D eigenvalue weighted by Gasteiger charge is 2.45. The van der Waals surface area contributed by atoms with Crippen LogP contribution in [0.1, 0.15) is 96.9 Å². The van der Waals surface area contributed by atoms with Gasteiger partial charge >= 0.3 is 0 Å². The van der Waals surface area contributed by atoms with Crippen LogP contribution in [0.25, 0.3) is 0 Å². The molecule has 3 heterocycles. The molecule has 0 spiro atoms. The second kappa shape index (κ2) is 18.7. The van der Waals surface area contributed by atoms with Crippen LogP contribution in [0.5, 0.6) is 11.5 Å². The number of allylic oxidation sites excluding steroid dienone is 7. The minimum Gasteiger partial charge on any atom is -0.497 e. The second-order valence-corrected chi connectivity index (χ2v) is 19.8. The molecule has 0 saturated heterocycles. The molecule has 1 aliphatic carbocycles. The van der Waals surface area contributed by atoms with Gasteiger partial charge in [0.2, 0.25) is 14.9 Å². The number of hydrogen-bond donors (Lipinski definition) is 0. The lowest BCUT2D eigenvalue weighted by Crippen LogP contribution is -2.33. The van der Waals surface area contributed by atoms with Crippen LogP contribution in [0, 0.1) is 5.41 Å². The molecule has 3 aliphatic rings. The van der Waals surface area contributed by atoms with E-state index in [-0.39, 0.29) is 22.3 Å². The first-order chi connectivity index (χ1) is 28.5. The quantitative estimate of drug-likeness (QED) is 0.0810. The van der Waals surface area contributed by atoms with Crippen molar-refractivity contribution < 1.29 is 32.8 Å². The van der Waals surface area contributed by atoms with E-state index in [1.807, 2.05) is 7.05 Å². The summed E-state index contributed by atoms with van der Waals surface area (Å²) < 4.78 is 36.3. The second-order valence-electron chi connectivity index (χ2n) is 18.2. The molecule has 0 saturated carbocycles. The minimum atomic E-state index is -0.249. The fourth-order valence-electron chi connectivity index (χ4n) is 8.94. The Morgan fingerprint density at radius 2 is 1.42 bits per heavy atom. The van der Waals surface area contributed by atoms with Crippen molar-refractivity contribution in [3.05, 3.63) is 121 Å². The average Bonchev–Trinajstić information content (AvgIpc) is 3.76. The van der Waals surface area contributed by atoms with E-state index in [0.29, 0.717) is 13.2 Å². The summed E-state index contributed by atoms with van der Waals surface area (Å²) in [6, 6.07) is 17.3. The summed E-state index contributed by atoms with van der Waals surface area (Å²) in [5.74, 6) is 2.69. The predicted molar refractivity (Wildman–Crippen MR) is 250 cm³/mol. The Bertz CT molecular complexity index is 2220. The van der Waals surface area contributed by atoms with Gasteiger partial charge in [-0.3, -0.25) is 0 Å². The Labute approximate surface area is 375 Å². The van der Waals surface area contributed by atoms with Crippen molar-refractivity contribution in [2.24, 2.45) is 12.5 Å². The maximum atomic E-state index is 7.45. The Balaban J connectivity index is 1.50. The van der Waals surface area contributed by atoms with Gasteiger partial charge in [-0.2, -0.15) is 9.14 Å². The van der Waals surface area contributed by atoms with Gasteiger partial charge in [-0.15, -0.1) is 0 Å². The van der Waals surface area contributed by atoms with Crippen LogP contribution >= 0.6 is 31.9 Å². The Hall–Kier alpha value is -3.70. The maximum absolute atomic E-state index is 7.45. The summed E-state index contributed by atoms with van der Waals surface area (Å²) in [5, 5.41) is 0. The topological polar surface area (TPSA) is 56.3 Å². The third kappa shape index (κ3) is 9.23. The normalized spacial score (nSPS) is 18.9. The van der Waals surface area contributed by atoms with Crippen molar-refractivity contribution >= 4 is 48.9 Å². The molecule has 60 heavy (non-hydrogen) atoms. The summed E-state index contributed by atoms with van der Waals surface area (Å²) >= 11 is 7.61. The number of nitrogens with zero attached hydrogens (tertiary/aromatic N) is 3. The summed E-state index contributed by atoms with van der Waals surface area (Å²) in [6.45, 7) is 19.1. The Kier molecular flexibility index (Phi) is 14.3. The molecule has 3 aromatic rings. The summed E-state index contributed by atoms with van der Waals surface area (Å²) in [5.41, 5.74) is 10.2. The molecule has 0 amide bonds. The first-order valence-corrected chi connectivity index (χ1v) is 22.7. The molecule has 1 aromatic heterocycles. The zero-order valence-electron chi connectivity index (χ0n) is 37.8. The molecule has 0 N–H and O–H groups in total. The van der Waals surface area contributed by atoms with Crippen LogP contribution in [-0.4, -0.2) is 65.0 Å². The van der Waals surface area contributed by atoms with E-state index in [2.05, 4.69) is 167 Å². The predicted octanol–water partition coefficient (Wildman–Crippen LogP) is 11.5. The first-order valence-electron chi connectivity index (χ1n) is 21.1. The molecule has 10 heteroatoms. The average molecular weight is 948 g/mol. The third-order valence-corrected chi connectivity index (χ3v) is 13.8. The van der Waals surface area contributed by atoms with Gasteiger partial charge in [-0.05, 0) is 92.3 Å². The standard InChI is InChI=1S/C50H65Br2N3O5/c1-48(2,3)47(35-29-44(51)53(8)45(52)30-35)60-46-33(17-23-42-49(4,5)38-31-36(58-11)19-21-40(38)54(42)25-13-27-56-9)15-16-34(46)18-24-43-50(6,7)39-32-37(59-12)20-22-41(39)55(43)26-14-28-57-10/h17-24,29-32,47H,13-16,25-28H2,1-12H3/q+2. The van der Waals surface area contributed by atoms with Crippen LogP contribution < -0.4 is 18.9 Å². The highest BCUT2D eigenvalue weighted by atomic mass is 79.9. The highest BCUT2D eigenvalue weighted by molar-refractivity contribution is 9.11. The van der Waals surface area contributed by atoms with Gasteiger partial charge in [0.15, 0.2) is 12.3 Å². The molecule has 6 rings (SSSR count). The lowest BCUT2D eigenvalue weighted by Gasteiger charge is -2.32. The SMILES string of the molecule is COCCCN1/C(=C/C=C2\CCC(/C=C/C3=[N+](CCCOC)c4ccc(OC)cc4C3(C)C)=C2OC(c2cc(Br)[n+](C)c(Br)c2)C(C)(C)C)C(C)(C)c2cc(OC)ccc21. The smallest absolute Gasteiger partial charge is 0.248 e. The summed E-state index contributed by atoms with van der Waals surface area (Å²) in [7, 11) is 9.05. The molecule has 2 aromatic carbocycles. The van der Waals surface area contributed by atoms with Crippen LogP contribution in [-0.2, 0) is 32.1 Å². The van der Waals surface area contributed by atoms with Crippen molar-refractivity contribution in [1.82, 2.24) is 0 Å². The molecular weight excluding hydrogens is 882 g/mol. The molecule has 0 radical (unpaired) electrons. The number of pyridine rings is 1. The van der Waals surface area contributed by atoms with Gasteiger partial charge in [0.25, 0.3) is 0 Å². The van der Waals surface area contributed by atoms with E-state index in [0.717, 1.165) is 70.8 Å². The van der Waals surface area contributed by atoms with Crippen LogP contribution in [0.2, 0.25) is 0 Å². The van der Waals surface area contributed by atoms with Gasteiger partial charge in [0, 0.05) is 123 Å². The van der Waals surface area contributed by atoms with Crippen molar-refractivity contribution in [1.29, 1.82) is 0 Å². The number of aromatic nitrogens is 1. The summed E-state index contributed by atoms with van der Waals surface area (Å²) in [4.78, 5) is 2.46. The summed E-state index contributed by atoms with van der Waals surface area (Å²) in [6.07, 6.45) is 12.6. The van der Waals surface area contributed by atoms with E-state index in [9.17, 15) is 0 Å². The van der Waals surface area contributed by atoms with E-state index < -0.39 is 0 Å². The van der Waals surface area contributed by atoms with Crippen molar-refractivity contribution in [3.8, 4) is 11.5 Å². The van der Waals surface area contributed by atoms with Crippen molar-refractivity contribution in [2.45, 2.75) is 91.1 Å². The molecule has 0 bridgehead atoms. The van der Waals surface area contributed by atoms with E-state index in [4.69, 9.17) is 23.7 Å². The van der Waals surface area contributed by atoms with Gasteiger partial charge in [0.1, 0.15) is 30.4 Å². The van der Waals surface area contributed by atoms with Gasteiger partial charge in [-0.1, -0.05) is 40.7 Å². The fraction of sp³-hybridized carbons (Fsp3) is 0.480. The van der Waals surface area contributed by atoms with Gasteiger partial charge < -0.3 is 28.6 Å². The van der Waals surface area contributed by atoms with E-state index in [1.54, 1.807) is 28.4 Å². The van der Waals surface area contributed by atoms with Crippen LogP contribution in [0.15, 0.2) is 105 Å². The fourth-order valence-corrected chi connectivity index (χ4v) is 10.1. The Morgan fingerprint density at radius 1 is 0.783 bits per heavy atom. The van der Waals surface area contributed by atoms with Crippen LogP contribution in [0.3, 0.4) is 0 Å². The first kappa shape index (κ1) is 45.8. The monoisotopic (exact) mass is 945 g/mol. The lowest BCUT2D eigenvalue weighted by molar-refractivity contribution is -0.693. The zero-order valence-corrected chi connectivity index (χ0v) is 41.0. The zero-order chi connectivity index (χ0) is 43.6. The number of ether oxygens (including phenoxy) is 5. The largest absolute Gasteiger partial charge is 0.497 e. The Morgan fingerprint density at radius 3 is 2.05 bits per heavy atom. The van der Waals surface area contributed by atoms with Gasteiger partial charge in [-0.25, -0.2) is 0 Å². The number of anilines is 1. The molecule has 1 unspecified atom stereocenters. The highest BCUT2D eigenvalue weighted by Crippen LogP contribution is 2.50. The minimum absolute atomic E-state index is 0.222. The molecule has 322 valence electrons. The molecular formula is C50H65Br2N3O5+2. The van der Waals surface area contributed by atoms with Crippen molar-refractivity contribution in [2.75, 3.05) is 59.6 Å². The van der Waals surface area contributed by atoms with Gasteiger partial charge in [0.05, 0.1) is 26.2 Å². The number of methoxy groups -OCH3 is 4. The number of halogens is 2. The molecule has 1 atom stereocenters. The maximum Gasteiger partial charge on any atom is 0.248 e. The third-order valence-electron chi connectivity index (χ3n) is 12.3. The van der Waals surface area contributed by atoms with E-state index >= 15 is 0 Å². The number of benzene rings is 2. The van der Waals surface area contributed by atoms with Crippen LogP contribution in [0.4, 0.5) is 11.4 Å². The number of fused-ring (bicyclic) bond motifs is 2. The number of hydrogen-bond acceptors (Lipinski definition) is 6. The number of rotatable bonds is 16.